The third kappa shape index (κ3) is 4.86. The van der Waals surface area contributed by atoms with Crippen molar-refractivity contribution in [2.45, 2.75) is 18.2 Å². The lowest BCUT2D eigenvalue weighted by molar-refractivity contribution is -0.141. The third-order valence-corrected chi connectivity index (χ3v) is 4.57. The largest absolute Gasteiger partial charge is 0.481 e. The fourth-order valence-electron chi connectivity index (χ4n) is 2.51. The molecule has 2 rings (SSSR count). The quantitative estimate of drug-likeness (QED) is 0.756. The van der Waals surface area contributed by atoms with E-state index in [1.54, 1.807) is 12.1 Å². The summed E-state index contributed by atoms with van der Waals surface area (Å²) in [6.07, 6.45) is 2.30. The van der Waals surface area contributed by atoms with E-state index in [1.807, 2.05) is 49.6 Å². The van der Waals surface area contributed by atoms with Crippen LogP contribution in [0.1, 0.15) is 21.5 Å². The summed E-state index contributed by atoms with van der Waals surface area (Å²) in [7, 11) is 0. The molecule has 1 atom stereocenters. The molecule has 0 aliphatic rings. The molecule has 2 aromatic carbocycles. The summed E-state index contributed by atoms with van der Waals surface area (Å²) < 4.78 is 0. The summed E-state index contributed by atoms with van der Waals surface area (Å²) in [6, 6.07) is 15.1. The monoisotopic (exact) mass is 343 g/mol. The minimum Gasteiger partial charge on any atom is -0.481 e. The maximum Gasteiger partial charge on any atom is 0.308 e. The van der Waals surface area contributed by atoms with Crippen molar-refractivity contribution in [2.24, 2.45) is 5.92 Å². The number of benzene rings is 2. The minimum atomic E-state index is -0.907. The average molecular weight is 343 g/mol. The number of aliphatic carboxylic acids is 1. The van der Waals surface area contributed by atoms with Crippen molar-refractivity contribution >= 4 is 23.6 Å². The maximum atomic E-state index is 12.3. The van der Waals surface area contributed by atoms with Gasteiger partial charge >= 0.3 is 5.97 Å². The number of aryl methyl sites for hydroxylation is 1. The van der Waals surface area contributed by atoms with Gasteiger partial charge in [-0.2, -0.15) is 0 Å². The van der Waals surface area contributed by atoms with E-state index in [0.29, 0.717) is 12.0 Å². The second kappa shape index (κ2) is 8.55. The summed E-state index contributed by atoms with van der Waals surface area (Å²) in [5.74, 6) is -1.80. The van der Waals surface area contributed by atoms with Crippen LogP contribution in [0.5, 0.6) is 0 Å². The van der Waals surface area contributed by atoms with Crippen LogP contribution in [0.25, 0.3) is 0 Å². The molecule has 0 aromatic heterocycles. The average Bonchev–Trinajstić information content (AvgIpc) is 2.58. The van der Waals surface area contributed by atoms with Crippen LogP contribution in [0.3, 0.4) is 0 Å². The van der Waals surface area contributed by atoms with Crippen LogP contribution in [0, 0.1) is 12.8 Å². The van der Waals surface area contributed by atoms with Gasteiger partial charge in [-0.05, 0) is 37.3 Å². The molecule has 24 heavy (non-hydrogen) atoms. The van der Waals surface area contributed by atoms with Crippen molar-refractivity contribution in [2.75, 3.05) is 12.8 Å². The molecule has 5 heteroatoms. The number of nitrogens with one attached hydrogen (secondary N) is 1. The zero-order chi connectivity index (χ0) is 17.5. The zero-order valence-electron chi connectivity index (χ0n) is 13.8. The summed E-state index contributed by atoms with van der Waals surface area (Å²) in [6.45, 7) is 2.07. The lowest BCUT2D eigenvalue weighted by Crippen LogP contribution is -2.34. The number of carboxylic acid groups (broad SMARTS) is 1. The Morgan fingerprint density at radius 2 is 1.92 bits per heavy atom. The second-order valence-corrected chi connectivity index (χ2v) is 6.49. The maximum absolute atomic E-state index is 12.3. The second-order valence-electron chi connectivity index (χ2n) is 5.64. The van der Waals surface area contributed by atoms with Gasteiger partial charge in [0.1, 0.15) is 0 Å². The Bertz CT molecular complexity index is 730. The van der Waals surface area contributed by atoms with Gasteiger partial charge in [-0.1, -0.05) is 42.0 Å². The lowest BCUT2D eigenvalue weighted by atomic mass is 9.98. The Kier molecular flexibility index (Phi) is 6.44. The van der Waals surface area contributed by atoms with Gasteiger partial charge in [0.05, 0.1) is 11.5 Å². The summed E-state index contributed by atoms with van der Waals surface area (Å²) in [4.78, 5) is 24.7. The van der Waals surface area contributed by atoms with Gasteiger partial charge in [-0.25, -0.2) is 0 Å². The lowest BCUT2D eigenvalue weighted by Gasteiger charge is -2.15. The van der Waals surface area contributed by atoms with E-state index < -0.39 is 11.9 Å². The molecule has 0 aliphatic heterocycles. The predicted molar refractivity (Wildman–Crippen MR) is 96.6 cm³/mol. The van der Waals surface area contributed by atoms with E-state index in [4.69, 9.17) is 0 Å². The molecule has 1 unspecified atom stereocenters. The first-order chi connectivity index (χ1) is 11.5. The first-order valence-corrected chi connectivity index (χ1v) is 8.93. The van der Waals surface area contributed by atoms with Crippen molar-refractivity contribution in [1.82, 2.24) is 5.32 Å². The number of thioether (sulfide) groups is 1. The summed E-state index contributed by atoms with van der Waals surface area (Å²) >= 11 is 1.49. The number of hydrogen-bond acceptors (Lipinski definition) is 3. The topological polar surface area (TPSA) is 66.4 Å². The molecule has 0 aliphatic carbocycles. The molecule has 0 heterocycles. The fraction of sp³-hybridized carbons (Fsp3) is 0.263. The van der Waals surface area contributed by atoms with Crippen LogP contribution in [-0.4, -0.2) is 29.8 Å². The van der Waals surface area contributed by atoms with Crippen molar-refractivity contribution < 1.29 is 14.7 Å². The number of amides is 1. The highest BCUT2D eigenvalue weighted by atomic mass is 32.2. The van der Waals surface area contributed by atoms with Crippen LogP contribution < -0.4 is 5.32 Å². The van der Waals surface area contributed by atoms with Crippen molar-refractivity contribution in [3.05, 3.63) is 65.2 Å². The van der Waals surface area contributed by atoms with Gasteiger partial charge in [0.25, 0.3) is 5.91 Å². The van der Waals surface area contributed by atoms with Crippen LogP contribution in [-0.2, 0) is 11.2 Å². The van der Waals surface area contributed by atoms with E-state index >= 15 is 0 Å². The minimum absolute atomic E-state index is 0.102. The molecular formula is C19H21NO3S. The molecule has 4 nitrogen and oxygen atoms in total. The van der Waals surface area contributed by atoms with Crippen molar-refractivity contribution in [3.8, 4) is 0 Å². The predicted octanol–water partition coefficient (Wildman–Crippen LogP) is 3.39. The van der Waals surface area contributed by atoms with E-state index in [-0.39, 0.29) is 12.5 Å². The molecule has 1 amide bonds. The Morgan fingerprint density at radius 3 is 2.58 bits per heavy atom. The molecule has 0 spiro atoms. The van der Waals surface area contributed by atoms with Gasteiger partial charge in [0, 0.05) is 11.4 Å². The first kappa shape index (κ1) is 18.1. The Morgan fingerprint density at radius 1 is 1.17 bits per heavy atom. The highest BCUT2D eigenvalue weighted by Gasteiger charge is 2.20. The molecule has 0 fully saturated rings. The third-order valence-electron chi connectivity index (χ3n) is 3.77. The normalized spacial score (nSPS) is 11.8. The number of carboxylic acids is 1. The van der Waals surface area contributed by atoms with E-state index in [9.17, 15) is 14.7 Å². The van der Waals surface area contributed by atoms with Gasteiger partial charge in [-0.3, -0.25) is 9.59 Å². The Balaban J connectivity index is 2.03. The van der Waals surface area contributed by atoms with E-state index in [0.717, 1.165) is 16.0 Å². The van der Waals surface area contributed by atoms with E-state index in [1.165, 1.54) is 11.8 Å². The molecule has 0 bridgehead atoms. The van der Waals surface area contributed by atoms with Gasteiger partial charge in [-0.15, -0.1) is 11.8 Å². The highest BCUT2D eigenvalue weighted by molar-refractivity contribution is 7.98. The molecule has 2 N–H and O–H groups in total. The SMILES string of the molecule is CSc1ccccc1C(=O)NCC(Cc1cccc(C)c1)C(=O)O. The van der Waals surface area contributed by atoms with Gasteiger partial charge < -0.3 is 10.4 Å². The molecule has 126 valence electrons. The molecule has 0 saturated heterocycles. The summed E-state index contributed by atoms with van der Waals surface area (Å²) in [5, 5.41) is 12.2. The van der Waals surface area contributed by atoms with Crippen LogP contribution in [0.2, 0.25) is 0 Å². The molecule has 0 radical (unpaired) electrons. The smallest absolute Gasteiger partial charge is 0.308 e. The van der Waals surface area contributed by atoms with E-state index in [2.05, 4.69) is 5.32 Å². The molecule has 2 aromatic rings. The standard InChI is InChI=1S/C19H21NO3S/c1-13-6-5-7-14(10-13)11-15(19(22)23)12-20-18(21)16-8-3-4-9-17(16)24-2/h3-10,15H,11-12H2,1-2H3,(H,20,21)(H,22,23). The van der Waals surface area contributed by atoms with Crippen molar-refractivity contribution in [3.63, 3.8) is 0 Å². The summed E-state index contributed by atoms with van der Waals surface area (Å²) in [5.41, 5.74) is 2.63. The van der Waals surface area contributed by atoms with Gasteiger partial charge in [0.15, 0.2) is 0 Å². The molecule has 0 saturated carbocycles. The number of carbonyl (C=O) groups is 2. The number of carbonyl (C=O) groups excluding carboxylic acids is 1. The number of rotatable bonds is 7. The fourth-order valence-corrected chi connectivity index (χ4v) is 3.11. The van der Waals surface area contributed by atoms with Gasteiger partial charge in [0.2, 0.25) is 0 Å². The highest BCUT2D eigenvalue weighted by Crippen LogP contribution is 2.19. The van der Waals surface area contributed by atoms with Crippen molar-refractivity contribution in [1.29, 1.82) is 0 Å². The Labute approximate surface area is 146 Å². The first-order valence-electron chi connectivity index (χ1n) is 7.71. The number of hydrogen-bond donors (Lipinski definition) is 2. The molecular weight excluding hydrogens is 322 g/mol. The van der Waals surface area contributed by atoms with Crippen LogP contribution in [0.15, 0.2) is 53.4 Å². The van der Waals surface area contributed by atoms with Crippen LogP contribution >= 0.6 is 11.8 Å². The Hall–Kier alpha value is -2.27. The zero-order valence-corrected chi connectivity index (χ0v) is 14.6. The van der Waals surface area contributed by atoms with Crippen LogP contribution in [0.4, 0.5) is 0 Å².